The molecular formula is C9H13N3O4. The first kappa shape index (κ1) is 13.9. The van der Waals surface area contributed by atoms with Gasteiger partial charge in [-0.05, 0) is 0 Å². The molecular weight excluding hydrogens is 214 g/mol. The standard InChI is InChI=1S/C9H13N3O4/c1-2-3-11-5-8(14)12-6(9(15)16)4-7(10)13/h1,6,11H,3-5H2,(H2,10,13)(H,12,14)(H,15,16)/t6-/m0/s1. The van der Waals surface area contributed by atoms with Gasteiger partial charge in [-0.1, -0.05) is 5.92 Å². The maximum absolute atomic E-state index is 11.2. The van der Waals surface area contributed by atoms with Crippen LogP contribution in [0.5, 0.6) is 0 Å². The van der Waals surface area contributed by atoms with Gasteiger partial charge in [0.05, 0.1) is 19.5 Å². The van der Waals surface area contributed by atoms with Crippen molar-refractivity contribution < 1.29 is 19.5 Å². The van der Waals surface area contributed by atoms with Crippen molar-refractivity contribution in [3.8, 4) is 12.3 Å². The second-order valence-electron chi connectivity index (χ2n) is 2.94. The Bertz CT molecular complexity index is 321. The number of carboxylic acid groups (broad SMARTS) is 1. The van der Waals surface area contributed by atoms with Gasteiger partial charge in [-0.3, -0.25) is 14.9 Å². The highest BCUT2D eigenvalue weighted by Gasteiger charge is 2.21. The molecule has 0 rings (SSSR count). The molecule has 16 heavy (non-hydrogen) atoms. The van der Waals surface area contributed by atoms with Gasteiger partial charge in [-0.2, -0.15) is 0 Å². The van der Waals surface area contributed by atoms with Crippen LogP contribution in [0.2, 0.25) is 0 Å². The average Bonchev–Trinajstić information content (AvgIpc) is 2.16. The molecule has 88 valence electrons. The third-order valence-electron chi connectivity index (χ3n) is 1.55. The molecule has 0 saturated heterocycles. The summed E-state index contributed by atoms with van der Waals surface area (Å²) in [6.45, 7) is 0.0771. The van der Waals surface area contributed by atoms with E-state index in [1.54, 1.807) is 0 Å². The number of terminal acetylenes is 1. The molecule has 0 saturated carbocycles. The number of hydrogen-bond acceptors (Lipinski definition) is 4. The van der Waals surface area contributed by atoms with E-state index >= 15 is 0 Å². The van der Waals surface area contributed by atoms with E-state index in [1.165, 1.54) is 0 Å². The number of primary amides is 1. The summed E-state index contributed by atoms with van der Waals surface area (Å²) in [5, 5.41) is 13.4. The number of carbonyl (C=O) groups excluding carboxylic acids is 2. The van der Waals surface area contributed by atoms with Crippen LogP contribution < -0.4 is 16.4 Å². The number of carbonyl (C=O) groups is 3. The number of nitrogens with two attached hydrogens (primary N) is 1. The van der Waals surface area contributed by atoms with Crippen molar-refractivity contribution >= 4 is 17.8 Å². The predicted molar refractivity (Wildman–Crippen MR) is 55.1 cm³/mol. The van der Waals surface area contributed by atoms with Gasteiger partial charge in [0, 0.05) is 0 Å². The van der Waals surface area contributed by atoms with E-state index < -0.39 is 30.2 Å². The van der Waals surface area contributed by atoms with Crippen LogP contribution in [0.4, 0.5) is 0 Å². The molecule has 7 heteroatoms. The van der Waals surface area contributed by atoms with Crippen LogP contribution in [-0.2, 0) is 14.4 Å². The van der Waals surface area contributed by atoms with Crippen LogP contribution in [0.25, 0.3) is 0 Å². The summed E-state index contributed by atoms with van der Waals surface area (Å²) in [4.78, 5) is 32.3. The number of amides is 2. The highest BCUT2D eigenvalue weighted by molar-refractivity contribution is 5.88. The van der Waals surface area contributed by atoms with Crippen molar-refractivity contribution in [1.29, 1.82) is 0 Å². The molecule has 0 aliphatic heterocycles. The molecule has 0 radical (unpaired) electrons. The molecule has 0 aliphatic carbocycles. The van der Waals surface area contributed by atoms with E-state index in [0.717, 1.165) is 0 Å². The van der Waals surface area contributed by atoms with Crippen LogP contribution in [0.1, 0.15) is 6.42 Å². The second kappa shape index (κ2) is 7.25. The lowest BCUT2D eigenvalue weighted by Gasteiger charge is -2.12. The van der Waals surface area contributed by atoms with Crippen molar-refractivity contribution in [3.05, 3.63) is 0 Å². The summed E-state index contributed by atoms with van der Waals surface area (Å²) < 4.78 is 0. The fraction of sp³-hybridized carbons (Fsp3) is 0.444. The first-order valence-electron chi connectivity index (χ1n) is 4.42. The van der Waals surface area contributed by atoms with Gasteiger partial charge in [0.1, 0.15) is 6.04 Å². The zero-order chi connectivity index (χ0) is 12.6. The molecule has 0 spiro atoms. The molecule has 0 unspecified atom stereocenters. The summed E-state index contributed by atoms with van der Waals surface area (Å²) >= 11 is 0. The first-order chi connectivity index (χ1) is 7.47. The SMILES string of the molecule is C#CCNCC(=O)N[C@@H](CC(N)=O)C(=O)O. The fourth-order valence-electron chi connectivity index (χ4n) is 0.895. The van der Waals surface area contributed by atoms with E-state index in [9.17, 15) is 14.4 Å². The molecule has 0 aromatic carbocycles. The van der Waals surface area contributed by atoms with Crippen LogP contribution in [0.15, 0.2) is 0 Å². The fourth-order valence-corrected chi connectivity index (χ4v) is 0.895. The summed E-state index contributed by atoms with van der Waals surface area (Å²) in [6, 6.07) is -1.31. The summed E-state index contributed by atoms with van der Waals surface area (Å²) in [6.07, 6.45) is 4.48. The van der Waals surface area contributed by atoms with E-state index in [2.05, 4.69) is 16.6 Å². The highest BCUT2D eigenvalue weighted by atomic mass is 16.4. The van der Waals surface area contributed by atoms with Gasteiger partial charge in [-0.25, -0.2) is 4.79 Å². The van der Waals surface area contributed by atoms with Crippen molar-refractivity contribution in [1.82, 2.24) is 10.6 Å². The monoisotopic (exact) mass is 227 g/mol. The Balaban J connectivity index is 4.09. The van der Waals surface area contributed by atoms with E-state index in [0.29, 0.717) is 0 Å². The lowest BCUT2D eigenvalue weighted by Crippen LogP contribution is -2.46. The van der Waals surface area contributed by atoms with Gasteiger partial charge in [0.15, 0.2) is 0 Å². The van der Waals surface area contributed by atoms with Crippen molar-refractivity contribution in [3.63, 3.8) is 0 Å². The lowest BCUT2D eigenvalue weighted by atomic mass is 10.2. The van der Waals surface area contributed by atoms with Gasteiger partial charge < -0.3 is 16.2 Å². The molecule has 0 fully saturated rings. The van der Waals surface area contributed by atoms with Gasteiger partial charge in [0.25, 0.3) is 0 Å². The Labute approximate surface area is 92.4 Å². The third-order valence-corrected chi connectivity index (χ3v) is 1.55. The zero-order valence-electron chi connectivity index (χ0n) is 8.53. The lowest BCUT2D eigenvalue weighted by molar-refractivity contribution is -0.143. The van der Waals surface area contributed by atoms with Crippen LogP contribution in [0.3, 0.4) is 0 Å². The Kier molecular flexibility index (Phi) is 6.31. The molecule has 2 amide bonds. The Morgan fingerprint density at radius 3 is 2.50 bits per heavy atom. The van der Waals surface area contributed by atoms with Gasteiger partial charge >= 0.3 is 5.97 Å². The minimum absolute atomic E-state index is 0.118. The van der Waals surface area contributed by atoms with Gasteiger partial charge in [-0.15, -0.1) is 6.42 Å². The maximum atomic E-state index is 11.2. The predicted octanol–water partition coefficient (Wildman–Crippen LogP) is -2.35. The van der Waals surface area contributed by atoms with Crippen molar-refractivity contribution in [2.75, 3.05) is 13.1 Å². The van der Waals surface area contributed by atoms with Crippen molar-refractivity contribution in [2.45, 2.75) is 12.5 Å². The second-order valence-corrected chi connectivity index (χ2v) is 2.94. The molecule has 7 nitrogen and oxygen atoms in total. The molecule has 5 N–H and O–H groups in total. The summed E-state index contributed by atoms with van der Waals surface area (Å²) in [5.74, 6) is -0.433. The molecule has 0 aromatic heterocycles. The number of hydrogen-bond donors (Lipinski definition) is 4. The number of rotatable bonds is 7. The highest BCUT2D eigenvalue weighted by Crippen LogP contribution is 1.91. The smallest absolute Gasteiger partial charge is 0.326 e. The topological polar surface area (TPSA) is 122 Å². The van der Waals surface area contributed by atoms with E-state index in [-0.39, 0.29) is 13.1 Å². The first-order valence-corrected chi connectivity index (χ1v) is 4.42. The van der Waals surface area contributed by atoms with Gasteiger partial charge in [0.2, 0.25) is 11.8 Å². The van der Waals surface area contributed by atoms with E-state index in [4.69, 9.17) is 17.3 Å². The third kappa shape index (κ3) is 6.39. The average molecular weight is 227 g/mol. The van der Waals surface area contributed by atoms with Crippen LogP contribution in [-0.4, -0.2) is 42.0 Å². The molecule has 0 bridgehead atoms. The Morgan fingerprint density at radius 1 is 1.44 bits per heavy atom. The number of carboxylic acids is 1. The molecule has 0 heterocycles. The van der Waals surface area contributed by atoms with E-state index in [1.807, 2.05) is 0 Å². The Morgan fingerprint density at radius 2 is 2.06 bits per heavy atom. The number of aliphatic carboxylic acids is 1. The van der Waals surface area contributed by atoms with Crippen LogP contribution >= 0.6 is 0 Å². The zero-order valence-corrected chi connectivity index (χ0v) is 8.53. The summed E-state index contributed by atoms with van der Waals surface area (Å²) in [7, 11) is 0. The minimum atomic E-state index is -1.32. The largest absolute Gasteiger partial charge is 0.480 e. The maximum Gasteiger partial charge on any atom is 0.326 e. The van der Waals surface area contributed by atoms with Crippen molar-refractivity contribution in [2.24, 2.45) is 5.73 Å². The summed E-state index contributed by atoms with van der Waals surface area (Å²) in [5.41, 5.74) is 4.83. The van der Waals surface area contributed by atoms with Crippen LogP contribution in [0, 0.1) is 12.3 Å². The molecule has 0 aromatic rings. The number of nitrogens with one attached hydrogen (secondary N) is 2. The molecule has 0 aliphatic rings. The molecule has 1 atom stereocenters. The quantitative estimate of drug-likeness (QED) is 0.286. The minimum Gasteiger partial charge on any atom is -0.480 e. The normalized spacial score (nSPS) is 11.2. The Hall–Kier alpha value is -2.07.